The Morgan fingerprint density at radius 2 is 1.71 bits per heavy atom. The van der Waals surface area contributed by atoms with Crippen molar-refractivity contribution in [3.63, 3.8) is 0 Å². The first kappa shape index (κ1) is 17.7. The second-order valence-corrected chi connectivity index (χ2v) is 5.63. The summed E-state index contributed by atoms with van der Waals surface area (Å²) in [6.45, 7) is 1.52. The molecule has 0 saturated heterocycles. The Hall–Kier alpha value is -1.40. The minimum atomic E-state index is -4.36. The molecule has 0 aliphatic carbocycles. The molecule has 0 aliphatic rings. The Labute approximate surface area is 122 Å². The standard InChI is InChI=1S/C15H20F3NO2/c1-14(2,13(21)12-6-4-3-5-7-12)10-19(8-9-20)11-15(16,17)18/h3-7,20H,8-11H2,1-2H3. The van der Waals surface area contributed by atoms with E-state index in [9.17, 15) is 18.0 Å². The van der Waals surface area contributed by atoms with Crippen LogP contribution in [-0.2, 0) is 0 Å². The molecular weight excluding hydrogens is 283 g/mol. The fourth-order valence-corrected chi connectivity index (χ4v) is 2.22. The first-order chi connectivity index (χ1) is 9.65. The number of hydrogen-bond acceptors (Lipinski definition) is 3. The van der Waals surface area contributed by atoms with Crippen molar-refractivity contribution in [1.29, 1.82) is 0 Å². The fraction of sp³-hybridized carbons (Fsp3) is 0.533. The topological polar surface area (TPSA) is 40.5 Å². The maximum atomic E-state index is 12.5. The molecule has 0 fully saturated rings. The summed E-state index contributed by atoms with van der Waals surface area (Å²) >= 11 is 0. The van der Waals surface area contributed by atoms with Gasteiger partial charge in [0.15, 0.2) is 5.78 Å². The number of aliphatic hydroxyl groups is 1. The van der Waals surface area contributed by atoms with E-state index < -0.39 is 18.1 Å². The number of alkyl halides is 3. The third kappa shape index (κ3) is 5.85. The van der Waals surface area contributed by atoms with Crippen molar-refractivity contribution in [2.24, 2.45) is 5.41 Å². The van der Waals surface area contributed by atoms with Gasteiger partial charge in [-0.3, -0.25) is 9.69 Å². The van der Waals surface area contributed by atoms with Crippen LogP contribution in [0.5, 0.6) is 0 Å². The summed E-state index contributed by atoms with van der Waals surface area (Å²) in [5.41, 5.74) is -0.500. The van der Waals surface area contributed by atoms with Crippen molar-refractivity contribution in [2.45, 2.75) is 20.0 Å². The fourth-order valence-electron chi connectivity index (χ4n) is 2.22. The number of Topliss-reactive ketones (excluding diaryl/α,β-unsaturated/α-hetero) is 1. The number of rotatable bonds is 7. The molecule has 0 spiro atoms. The van der Waals surface area contributed by atoms with Gasteiger partial charge in [0.25, 0.3) is 0 Å². The summed E-state index contributed by atoms with van der Waals surface area (Å²) in [7, 11) is 0. The summed E-state index contributed by atoms with van der Waals surface area (Å²) in [5, 5.41) is 8.89. The molecule has 0 saturated carbocycles. The minimum absolute atomic E-state index is 0.0687. The van der Waals surface area contributed by atoms with Crippen LogP contribution < -0.4 is 0 Å². The first-order valence-electron chi connectivity index (χ1n) is 6.65. The Morgan fingerprint density at radius 3 is 2.19 bits per heavy atom. The van der Waals surface area contributed by atoms with Crippen molar-refractivity contribution in [1.82, 2.24) is 4.90 Å². The van der Waals surface area contributed by atoms with E-state index in [1.54, 1.807) is 44.2 Å². The zero-order valence-corrected chi connectivity index (χ0v) is 12.2. The van der Waals surface area contributed by atoms with Crippen molar-refractivity contribution in [3.05, 3.63) is 35.9 Å². The zero-order valence-electron chi connectivity index (χ0n) is 12.2. The minimum Gasteiger partial charge on any atom is -0.395 e. The molecule has 1 N–H and O–H groups in total. The third-order valence-electron chi connectivity index (χ3n) is 3.09. The molecule has 3 nitrogen and oxygen atoms in total. The van der Waals surface area contributed by atoms with Gasteiger partial charge < -0.3 is 5.11 Å². The van der Waals surface area contributed by atoms with E-state index in [0.717, 1.165) is 4.90 Å². The van der Waals surface area contributed by atoms with E-state index in [1.807, 2.05) is 0 Å². The SMILES string of the molecule is CC(C)(CN(CCO)CC(F)(F)F)C(=O)c1ccccc1. The van der Waals surface area contributed by atoms with Crippen LogP contribution in [0.25, 0.3) is 0 Å². The third-order valence-corrected chi connectivity index (χ3v) is 3.09. The summed E-state index contributed by atoms with van der Waals surface area (Å²) in [6, 6.07) is 8.48. The normalized spacial score (nSPS) is 12.7. The van der Waals surface area contributed by atoms with Crippen LogP contribution in [0.2, 0.25) is 0 Å². The number of ketones is 1. The van der Waals surface area contributed by atoms with E-state index in [1.165, 1.54) is 0 Å². The Morgan fingerprint density at radius 1 is 1.14 bits per heavy atom. The second-order valence-electron chi connectivity index (χ2n) is 5.63. The molecule has 0 heterocycles. The summed E-state index contributed by atoms with van der Waals surface area (Å²) in [6.07, 6.45) is -4.36. The Balaban J connectivity index is 2.82. The lowest BCUT2D eigenvalue weighted by Gasteiger charge is -2.31. The van der Waals surface area contributed by atoms with Gasteiger partial charge in [-0.05, 0) is 0 Å². The second kappa shape index (κ2) is 7.04. The van der Waals surface area contributed by atoms with Gasteiger partial charge >= 0.3 is 6.18 Å². The molecule has 1 aromatic rings. The van der Waals surface area contributed by atoms with Crippen LogP contribution in [0, 0.1) is 5.41 Å². The number of hydrogen-bond donors (Lipinski definition) is 1. The van der Waals surface area contributed by atoms with E-state index in [0.29, 0.717) is 5.56 Å². The van der Waals surface area contributed by atoms with Crippen molar-refractivity contribution in [2.75, 3.05) is 26.2 Å². The highest BCUT2D eigenvalue weighted by atomic mass is 19.4. The van der Waals surface area contributed by atoms with Crippen LogP contribution in [0.4, 0.5) is 13.2 Å². The first-order valence-corrected chi connectivity index (χ1v) is 6.65. The molecule has 0 bridgehead atoms. The van der Waals surface area contributed by atoms with Gasteiger partial charge in [-0.15, -0.1) is 0 Å². The van der Waals surface area contributed by atoms with Crippen molar-refractivity contribution in [3.8, 4) is 0 Å². The lowest BCUT2D eigenvalue weighted by molar-refractivity contribution is -0.148. The maximum Gasteiger partial charge on any atom is 0.401 e. The van der Waals surface area contributed by atoms with Gasteiger partial charge in [-0.2, -0.15) is 13.2 Å². The quantitative estimate of drug-likeness (QED) is 0.787. The van der Waals surface area contributed by atoms with Gasteiger partial charge in [0.1, 0.15) is 0 Å². The van der Waals surface area contributed by atoms with Crippen molar-refractivity contribution < 1.29 is 23.1 Å². The highest BCUT2D eigenvalue weighted by Gasteiger charge is 2.36. The lowest BCUT2D eigenvalue weighted by atomic mass is 9.83. The monoisotopic (exact) mass is 303 g/mol. The number of aliphatic hydroxyl groups excluding tert-OH is 1. The molecule has 0 atom stereocenters. The van der Waals surface area contributed by atoms with Gasteiger partial charge in [0.2, 0.25) is 0 Å². The van der Waals surface area contributed by atoms with Crippen LogP contribution in [0.15, 0.2) is 30.3 Å². The highest BCUT2D eigenvalue weighted by Crippen LogP contribution is 2.25. The average Bonchev–Trinajstić information content (AvgIpc) is 2.36. The lowest BCUT2D eigenvalue weighted by Crippen LogP contribution is -2.44. The van der Waals surface area contributed by atoms with Crippen LogP contribution in [0.1, 0.15) is 24.2 Å². The molecule has 1 aromatic carbocycles. The number of halogens is 3. The number of carbonyl (C=O) groups is 1. The molecule has 118 valence electrons. The largest absolute Gasteiger partial charge is 0.401 e. The molecule has 21 heavy (non-hydrogen) atoms. The summed E-state index contributed by atoms with van der Waals surface area (Å²) in [5.74, 6) is -0.215. The molecule has 0 aliphatic heterocycles. The van der Waals surface area contributed by atoms with E-state index in [-0.39, 0.29) is 25.5 Å². The van der Waals surface area contributed by atoms with E-state index >= 15 is 0 Å². The Kier molecular flexibility index (Phi) is 5.92. The van der Waals surface area contributed by atoms with Crippen LogP contribution in [-0.4, -0.2) is 48.2 Å². The highest BCUT2D eigenvalue weighted by molar-refractivity contribution is 6.00. The van der Waals surface area contributed by atoms with Gasteiger partial charge in [0.05, 0.1) is 13.2 Å². The number of benzene rings is 1. The van der Waals surface area contributed by atoms with Gasteiger partial charge in [-0.25, -0.2) is 0 Å². The smallest absolute Gasteiger partial charge is 0.395 e. The zero-order chi connectivity index (χ0) is 16.1. The Bertz CT molecular complexity index is 458. The van der Waals surface area contributed by atoms with Gasteiger partial charge in [0, 0.05) is 24.1 Å². The maximum absolute atomic E-state index is 12.5. The van der Waals surface area contributed by atoms with Crippen LogP contribution in [0.3, 0.4) is 0 Å². The van der Waals surface area contributed by atoms with Gasteiger partial charge in [-0.1, -0.05) is 44.2 Å². The van der Waals surface area contributed by atoms with E-state index in [2.05, 4.69) is 0 Å². The average molecular weight is 303 g/mol. The van der Waals surface area contributed by atoms with Crippen molar-refractivity contribution >= 4 is 5.78 Å². The molecule has 0 radical (unpaired) electrons. The molecule has 6 heteroatoms. The molecular formula is C15H20F3NO2. The van der Waals surface area contributed by atoms with E-state index in [4.69, 9.17) is 5.11 Å². The molecule has 0 unspecified atom stereocenters. The molecule has 0 aromatic heterocycles. The predicted molar refractivity (Wildman–Crippen MR) is 74.1 cm³/mol. The molecule has 0 amide bonds. The predicted octanol–water partition coefficient (Wildman–Crippen LogP) is 2.75. The number of carbonyl (C=O) groups excluding carboxylic acids is 1. The number of nitrogens with zero attached hydrogens (tertiary/aromatic N) is 1. The molecule has 1 rings (SSSR count). The summed E-state index contributed by atoms with van der Waals surface area (Å²) in [4.78, 5) is 13.5. The van der Waals surface area contributed by atoms with Crippen LogP contribution >= 0.6 is 0 Å². The summed E-state index contributed by atoms with van der Waals surface area (Å²) < 4.78 is 37.6.